The molecule has 1 heterocycles. The zero-order valence-electron chi connectivity index (χ0n) is 11.2. The maximum Gasteiger partial charge on any atom is 0.410 e. The van der Waals surface area contributed by atoms with Crippen molar-refractivity contribution in [1.29, 1.82) is 0 Å². The molecular weight excluding hydrogens is 232 g/mol. The van der Waals surface area contributed by atoms with E-state index in [1.54, 1.807) is 26.8 Å². The molecule has 1 fully saturated rings. The van der Waals surface area contributed by atoms with E-state index in [0.717, 1.165) is 0 Å². The molecule has 0 aromatic heterocycles. The Morgan fingerprint density at radius 2 is 2.22 bits per heavy atom. The highest BCUT2D eigenvalue weighted by Gasteiger charge is 2.39. The van der Waals surface area contributed by atoms with Crippen molar-refractivity contribution in [1.82, 2.24) is 10.2 Å². The van der Waals surface area contributed by atoms with E-state index in [2.05, 4.69) is 17.6 Å². The molecule has 5 heteroatoms. The van der Waals surface area contributed by atoms with Gasteiger partial charge in [0, 0.05) is 13.1 Å². The van der Waals surface area contributed by atoms with Gasteiger partial charge in [-0.2, -0.15) is 0 Å². The monoisotopic (exact) mass is 252 g/mol. The Balaban J connectivity index is 2.47. The second-order valence-corrected chi connectivity index (χ2v) is 5.13. The first-order valence-corrected chi connectivity index (χ1v) is 5.97. The predicted molar refractivity (Wildman–Crippen MR) is 68.1 cm³/mol. The Bertz CT molecular complexity index is 378. The van der Waals surface area contributed by atoms with Gasteiger partial charge in [-0.15, -0.1) is 5.73 Å². The summed E-state index contributed by atoms with van der Waals surface area (Å²) in [6, 6.07) is -0.418. The van der Waals surface area contributed by atoms with Crippen LogP contribution in [0.3, 0.4) is 0 Å². The molecule has 0 saturated carbocycles. The van der Waals surface area contributed by atoms with Crippen LogP contribution in [0.15, 0.2) is 18.4 Å². The fraction of sp³-hybridized carbons (Fsp3) is 0.615. The van der Waals surface area contributed by atoms with E-state index in [4.69, 9.17) is 4.74 Å². The van der Waals surface area contributed by atoms with Gasteiger partial charge < -0.3 is 10.1 Å². The Morgan fingerprint density at radius 3 is 2.67 bits per heavy atom. The average Bonchev–Trinajstić information content (AvgIpc) is 2.12. The molecule has 0 aromatic rings. The first-order chi connectivity index (χ1) is 8.35. The summed E-state index contributed by atoms with van der Waals surface area (Å²) in [6.45, 7) is 9.74. The van der Waals surface area contributed by atoms with Gasteiger partial charge in [0.1, 0.15) is 11.6 Å². The number of carbonyl (C=O) groups excluding carboxylic acids is 2. The fourth-order valence-electron chi connectivity index (χ4n) is 1.54. The molecule has 5 nitrogen and oxygen atoms in total. The zero-order chi connectivity index (χ0) is 13.8. The Morgan fingerprint density at radius 1 is 1.56 bits per heavy atom. The first kappa shape index (κ1) is 14.3. The topological polar surface area (TPSA) is 58.6 Å². The molecule has 0 aromatic carbocycles. The van der Waals surface area contributed by atoms with Crippen molar-refractivity contribution in [2.75, 3.05) is 13.1 Å². The fourth-order valence-corrected chi connectivity index (χ4v) is 1.54. The van der Waals surface area contributed by atoms with Crippen molar-refractivity contribution < 1.29 is 14.3 Å². The van der Waals surface area contributed by atoms with Crippen molar-refractivity contribution in [2.45, 2.75) is 38.8 Å². The molecule has 0 bridgehead atoms. The van der Waals surface area contributed by atoms with Gasteiger partial charge in [0.2, 0.25) is 5.91 Å². The SMILES string of the molecule is C=C=CCNC(=O)[C@H]1CCN1C(=O)OC(C)(C)C. The summed E-state index contributed by atoms with van der Waals surface area (Å²) in [7, 11) is 0. The highest BCUT2D eigenvalue weighted by Crippen LogP contribution is 2.21. The van der Waals surface area contributed by atoms with E-state index in [0.29, 0.717) is 19.5 Å². The van der Waals surface area contributed by atoms with Gasteiger partial charge in [0.05, 0.1) is 0 Å². The summed E-state index contributed by atoms with van der Waals surface area (Å²) < 4.78 is 5.22. The van der Waals surface area contributed by atoms with Gasteiger partial charge in [-0.25, -0.2) is 4.79 Å². The smallest absolute Gasteiger partial charge is 0.410 e. The molecule has 1 saturated heterocycles. The van der Waals surface area contributed by atoms with E-state index in [-0.39, 0.29) is 5.91 Å². The number of hydrogen-bond donors (Lipinski definition) is 1. The summed E-state index contributed by atoms with van der Waals surface area (Å²) in [4.78, 5) is 25.0. The van der Waals surface area contributed by atoms with Gasteiger partial charge in [0.15, 0.2) is 0 Å². The third-order valence-electron chi connectivity index (χ3n) is 2.47. The highest BCUT2D eigenvalue weighted by molar-refractivity contribution is 5.87. The summed E-state index contributed by atoms with van der Waals surface area (Å²) in [5.74, 6) is -0.168. The number of rotatable bonds is 3. The maximum absolute atomic E-state index is 11.8. The number of nitrogens with zero attached hydrogens (tertiary/aromatic N) is 1. The lowest BCUT2D eigenvalue weighted by Crippen LogP contribution is -2.59. The van der Waals surface area contributed by atoms with E-state index >= 15 is 0 Å². The minimum absolute atomic E-state index is 0.168. The minimum Gasteiger partial charge on any atom is -0.444 e. The second kappa shape index (κ2) is 5.74. The number of likely N-dealkylation sites (tertiary alicyclic amines) is 1. The summed E-state index contributed by atoms with van der Waals surface area (Å²) in [5.41, 5.74) is 2.03. The molecule has 0 unspecified atom stereocenters. The first-order valence-electron chi connectivity index (χ1n) is 5.97. The minimum atomic E-state index is -0.542. The standard InChI is InChI=1S/C13H20N2O3/c1-5-6-8-14-11(16)10-7-9-15(10)12(17)18-13(2,3)4/h6,10H,1,7-9H2,2-4H3,(H,14,16)/t10-/m1/s1. The molecule has 1 atom stereocenters. The van der Waals surface area contributed by atoms with Gasteiger partial charge in [-0.05, 0) is 33.3 Å². The van der Waals surface area contributed by atoms with Crippen molar-refractivity contribution in [3.63, 3.8) is 0 Å². The molecule has 18 heavy (non-hydrogen) atoms. The van der Waals surface area contributed by atoms with Crippen LogP contribution in [-0.2, 0) is 9.53 Å². The number of ether oxygens (including phenoxy) is 1. The maximum atomic E-state index is 11.8. The van der Waals surface area contributed by atoms with Crippen LogP contribution in [0, 0.1) is 0 Å². The van der Waals surface area contributed by atoms with Crippen LogP contribution in [-0.4, -0.2) is 41.6 Å². The molecule has 2 amide bonds. The summed E-state index contributed by atoms with van der Waals surface area (Å²) >= 11 is 0. The van der Waals surface area contributed by atoms with E-state index < -0.39 is 17.7 Å². The second-order valence-electron chi connectivity index (χ2n) is 5.13. The van der Waals surface area contributed by atoms with E-state index in [1.165, 1.54) is 4.90 Å². The van der Waals surface area contributed by atoms with Gasteiger partial charge in [-0.1, -0.05) is 6.58 Å². The summed E-state index contributed by atoms with van der Waals surface area (Å²) in [5, 5.41) is 2.69. The quantitative estimate of drug-likeness (QED) is 0.773. The zero-order valence-corrected chi connectivity index (χ0v) is 11.2. The van der Waals surface area contributed by atoms with Crippen LogP contribution < -0.4 is 5.32 Å². The molecule has 1 N–H and O–H groups in total. The van der Waals surface area contributed by atoms with Crippen molar-refractivity contribution >= 4 is 12.0 Å². The number of nitrogens with one attached hydrogen (secondary N) is 1. The molecule has 1 aliphatic heterocycles. The van der Waals surface area contributed by atoms with E-state index in [1.807, 2.05) is 0 Å². The number of carbonyl (C=O) groups is 2. The van der Waals surface area contributed by atoms with Crippen LogP contribution >= 0.6 is 0 Å². The molecule has 0 aliphatic carbocycles. The van der Waals surface area contributed by atoms with Gasteiger partial charge in [0.25, 0.3) is 0 Å². The van der Waals surface area contributed by atoms with Crippen LogP contribution in [0.4, 0.5) is 4.79 Å². The van der Waals surface area contributed by atoms with Crippen LogP contribution in [0.25, 0.3) is 0 Å². The number of hydrogen-bond acceptors (Lipinski definition) is 3. The summed E-state index contributed by atoms with van der Waals surface area (Å²) in [6.07, 6.45) is 1.85. The van der Waals surface area contributed by atoms with Crippen LogP contribution in [0.1, 0.15) is 27.2 Å². The Hall–Kier alpha value is -1.74. The van der Waals surface area contributed by atoms with Gasteiger partial charge in [-0.3, -0.25) is 9.69 Å². The lowest BCUT2D eigenvalue weighted by Gasteiger charge is -2.40. The Labute approximate surface area is 107 Å². The van der Waals surface area contributed by atoms with Crippen molar-refractivity contribution in [3.8, 4) is 0 Å². The van der Waals surface area contributed by atoms with Crippen molar-refractivity contribution in [2.24, 2.45) is 0 Å². The normalized spacial score (nSPS) is 18.4. The Kier molecular flexibility index (Phi) is 4.56. The van der Waals surface area contributed by atoms with Gasteiger partial charge >= 0.3 is 6.09 Å². The molecular formula is C13H20N2O3. The lowest BCUT2D eigenvalue weighted by atomic mass is 10.0. The lowest BCUT2D eigenvalue weighted by molar-refractivity contribution is -0.130. The molecule has 1 rings (SSSR count). The third-order valence-corrected chi connectivity index (χ3v) is 2.47. The highest BCUT2D eigenvalue weighted by atomic mass is 16.6. The largest absolute Gasteiger partial charge is 0.444 e. The third kappa shape index (κ3) is 3.93. The average molecular weight is 252 g/mol. The molecule has 0 spiro atoms. The van der Waals surface area contributed by atoms with E-state index in [9.17, 15) is 9.59 Å². The number of amides is 2. The molecule has 100 valence electrons. The van der Waals surface area contributed by atoms with Crippen LogP contribution in [0.2, 0.25) is 0 Å². The predicted octanol–water partition coefficient (Wildman–Crippen LogP) is 1.45. The molecule has 0 radical (unpaired) electrons. The van der Waals surface area contributed by atoms with Crippen molar-refractivity contribution in [3.05, 3.63) is 18.4 Å². The van der Waals surface area contributed by atoms with Crippen LogP contribution in [0.5, 0.6) is 0 Å². The molecule has 1 aliphatic rings.